The Labute approximate surface area is 145 Å². The van der Waals surface area contributed by atoms with Gasteiger partial charge in [0.2, 0.25) is 6.79 Å². The minimum Gasteiger partial charge on any atom is -0.457 e. The maximum atomic E-state index is 12.0. The largest absolute Gasteiger partial charge is 0.457 e. The van der Waals surface area contributed by atoms with Crippen molar-refractivity contribution in [3.8, 4) is 5.75 Å². The van der Waals surface area contributed by atoms with Crippen LogP contribution in [0.2, 0.25) is 0 Å². The molecule has 0 amide bonds. The van der Waals surface area contributed by atoms with Crippen molar-refractivity contribution >= 4 is 5.97 Å². The lowest BCUT2D eigenvalue weighted by Gasteiger charge is -2.20. The second kappa shape index (κ2) is 8.52. The third-order valence-electron chi connectivity index (χ3n) is 4.89. The summed E-state index contributed by atoms with van der Waals surface area (Å²) in [5.74, 6) is 1.72. The van der Waals surface area contributed by atoms with Crippen molar-refractivity contribution in [3.63, 3.8) is 0 Å². The lowest BCUT2D eigenvalue weighted by molar-refractivity contribution is -0.153. The van der Waals surface area contributed by atoms with Gasteiger partial charge in [0.1, 0.15) is 11.8 Å². The zero-order chi connectivity index (χ0) is 17.7. The van der Waals surface area contributed by atoms with Gasteiger partial charge >= 0.3 is 5.97 Å². The SMILES string of the molecule is CCC(C)C(N)C(=O)OCOc1c(CC2CC2)cccc1C(C)C. The molecule has 2 rings (SSSR count). The van der Waals surface area contributed by atoms with Crippen LogP contribution in [0.25, 0.3) is 0 Å². The number of esters is 1. The first-order valence-electron chi connectivity index (χ1n) is 9.10. The van der Waals surface area contributed by atoms with Crippen LogP contribution >= 0.6 is 0 Å². The molecule has 0 aliphatic heterocycles. The Balaban J connectivity index is 2.01. The van der Waals surface area contributed by atoms with Gasteiger partial charge in [-0.15, -0.1) is 0 Å². The van der Waals surface area contributed by atoms with Crippen molar-refractivity contribution in [1.29, 1.82) is 0 Å². The van der Waals surface area contributed by atoms with Crippen LogP contribution in [0.5, 0.6) is 5.75 Å². The van der Waals surface area contributed by atoms with Crippen LogP contribution in [-0.2, 0) is 16.0 Å². The highest BCUT2D eigenvalue weighted by molar-refractivity contribution is 5.75. The van der Waals surface area contributed by atoms with E-state index in [0.717, 1.165) is 30.1 Å². The minimum atomic E-state index is -0.593. The number of nitrogens with two attached hydrogens (primary N) is 1. The van der Waals surface area contributed by atoms with Gasteiger partial charge < -0.3 is 15.2 Å². The molecule has 0 radical (unpaired) electrons. The minimum absolute atomic E-state index is 0.0790. The second-order valence-corrected chi connectivity index (χ2v) is 7.27. The molecule has 0 spiro atoms. The highest BCUT2D eigenvalue weighted by atomic mass is 16.7. The van der Waals surface area contributed by atoms with E-state index in [4.69, 9.17) is 15.2 Å². The molecular formula is C20H31NO3. The van der Waals surface area contributed by atoms with Gasteiger partial charge in [-0.05, 0) is 48.1 Å². The summed E-state index contributed by atoms with van der Waals surface area (Å²) in [7, 11) is 0. The number of carbonyl (C=O) groups is 1. The van der Waals surface area contributed by atoms with Crippen molar-refractivity contribution < 1.29 is 14.3 Å². The van der Waals surface area contributed by atoms with Crippen LogP contribution in [0.3, 0.4) is 0 Å². The van der Waals surface area contributed by atoms with E-state index >= 15 is 0 Å². The van der Waals surface area contributed by atoms with E-state index in [9.17, 15) is 4.79 Å². The average Bonchev–Trinajstić information content (AvgIpc) is 3.38. The summed E-state index contributed by atoms with van der Waals surface area (Å²) in [6.07, 6.45) is 4.48. The van der Waals surface area contributed by atoms with Crippen molar-refractivity contribution in [2.75, 3.05) is 6.79 Å². The normalized spacial score (nSPS) is 16.8. The zero-order valence-electron chi connectivity index (χ0n) is 15.4. The first-order chi connectivity index (χ1) is 11.4. The van der Waals surface area contributed by atoms with Crippen LogP contribution < -0.4 is 10.5 Å². The Bertz CT molecular complexity index is 552. The highest BCUT2D eigenvalue weighted by Gasteiger charge is 2.25. The molecule has 1 aromatic rings. The Morgan fingerprint density at radius 2 is 2.00 bits per heavy atom. The molecule has 2 atom stereocenters. The molecule has 4 nitrogen and oxygen atoms in total. The maximum Gasteiger partial charge on any atom is 0.326 e. The summed E-state index contributed by atoms with van der Waals surface area (Å²) in [5.41, 5.74) is 8.28. The Kier molecular flexibility index (Phi) is 6.67. The molecule has 0 heterocycles. The molecule has 1 aliphatic carbocycles. The molecule has 24 heavy (non-hydrogen) atoms. The number of ether oxygens (including phenoxy) is 2. The quantitative estimate of drug-likeness (QED) is 0.548. The lowest BCUT2D eigenvalue weighted by atomic mass is 9.97. The monoisotopic (exact) mass is 333 g/mol. The third-order valence-corrected chi connectivity index (χ3v) is 4.89. The fraction of sp³-hybridized carbons (Fsp3) is 0.650. The highest BCUT2D eigenvalue weighted by Crippen LogP contribution is 2.38. The first-order valence-corrected chi connectivity index (χ1v) is 9.10. The summed E-state index contributed by atoms with van der Waals surface area (Å²) in [4.78, 5) is 12.0. The van der Waals surface area contributed by atoms with Gasteiger partial charge in [-0.3, -0.25) is 4.79 Å². The fourth-order valence-corrected chi connectivity index (χ4v) is 2.76. The van der Waals surface area contributed by atoms with Crippen LogP contribution in [0.15, 0.2) is 18.2 Å². The summed E-state index contributed by atoms with van der Waals surface area (Å²) in [6.45, 7) is 8.18. The van der Waals surface area contributed by atoms with E-state index in [0.29, 0.717) is 5.92 Å². The molecule has 0 bridgehead atoms. The predicted octanol–water partition coefficient (Wildman–Crippen LogP) is 4.02. The molecule has 4 heteroatoms. The van der Waals surface area contributed by atoms with E-state index < -0.39 is 12.0 Å². The second-order valence-electron chi connectivity index (χ2n) is 7.27. The first kappa shape index (κ1) is 18.8. The lowest BCUT2D eigenvalue weighted by Crippen LogP contribution is -2.38. The van der Waals surface area contributed by atoms with Crippen LogP contribution in [0.4, 0.5) is 0 Å². The standard InChI is InChI=1S/C20H31NO3/c1-5-14(4)18(21)20(22)24-12-23-19-16(11-15-9-10-15)7-6-8-17(19)13(2)3/h6-8,13-15,18H,5,9-12,21H2,1-4H3. The van der Waals surface area contributed by atoms with Gasteiger partial charge in [0.25, 0.3) is 0 Å². The Morgan fingerprint density at radius 3 is 2.58 bits per heavy atom. The molecule has 0 aromatic heterocycles. The van der Waals surface area contributed by atoms with Gasteiger partial charge in [0.05, 0.1) is 0 Å². The van der Waals surface area contributed by atoms with Gasteiger partial charge in [-0.1, -0.05) is 52.3 Å². The van der Waals surface area contributed by atoms with Gasteiger partial charge in [-0.2, -0.15) is 0 Å². The molecule has 2 N–H and O–H groups in total. The fourth-order valence-electron chi connectivity index (χ4n) is 2.76. The number of hydrogen-bond acceptors (Lipinski definition) is 4. The molecule has 2 unspecified atom stereocenters. The van der Waals surface area contributed by atoms with Crippen LogP contribution in [0, 0.1) is 11.8 Å². The van der Waals surface area contributed by atoms with Crippen molar-refractivity contribution in [2.45, 2.75) is 65.3 Å². The smallest absolute Gasteiger partial charge is 0.326 e. The molecule has 1 aromatic carbocycles. The van der Waals surface area contributed by atoms with Crippen molar-refractivity contribution in [2.24, 2.45) is 17.6 Å². The van der Waals surface area contributed by atoms with Crippen LogP contribution in [-0.4, -0.2) is 18.8 Å². The Hall–Kier alpha value is -1.55. The summed E-state index contributed by atoms with van der Waals surface area (Å²) >= 11 is 0. The topological polar surface area (TPSA) is 61.6 Å². The van der Waals surface area contributed by atoms with Gasteiger partial charge in [0.15, 0.2) is 0 Å². The summed E-state index contributed by atoms with van der Waals surface area (Å²) in [5, 5.41) is 0. The van der Waals surface area contributed by atoms with E-state index in [1.807, 2.05) is 13.8 Å². The van der Waals surface area contributed by atoms with E-state index in [1.165, 1.54) is 18.4 Å². The molecule has 1 aliphatic rings. The van der Waals surface area contributed by atoms with Crippen molar-refractivity contribution in [3.05, 3.63) is 29.3 Å². The number of rotatable bonds is 9. The third kappa shape index (κ3) is 4.97. The maximum absolute atomic E-state index is 12.0. The Morgan fingerprint density at radius 1 is 1.29 bits per heavy atom. The van der Waals surface area contributed by atoms with E-state index in [-0.39, 0.29) is 12.7 Å². The summed E-state index contributed by atoms with van der Waals surface area (Å²) < 4.78 is 11.1. The summed E-state index contributed by atoms with van der Waals surface area (Å²) in [6, 6.07) is 5.70. The molecule has 1 fully saturated rings. The molecule has 134 valence electrons. The molecular weight excluding hydrogens is 302 g/mol. The molecule has 1 saturated carbocycles. The van der Waals surface area contributed by atoms with Crippen molar-refractivity contribution in [1.82, 2.24) is 0 Å². The van der Waals surface area contributed by atoms with Gasteiger partial charge in [0, 0.05) is 0 Å². The van der Waals surface area contributed by atoms with Gasteiger partial charge in [-0.25, -0.2) is 0 Å². The predicted molar refractivity (Wildman–Crippen MR) is 96.0 cm³/mol. The van der Waals surface area contributed by atoms with E-state index in [2.05, 4.69) is 32.0 Å². The number of para-hydroxylation sites is 1. The average molecular weight is 333 g/mol. The van der Waals surface area contributed by atoms with E-state index in [1.54, 1.807) is 0 Å². The number of carbonyl (C=O) groups excluding carboxylic acids is 1. The zero-order valence-corrected chi connectivity index (χ0v) is 15.4. The number of hydrogen-bond donors (Lipinski definition) is 1. The molecule has 0 saturated heterocycles. The van der Waals surface area contributed by atoms with Crippen LogP contribution in [0.1, 0.15) is 64.0 Å². The number of benzene rings is 1.